The Labute approximate surface area is 164 Å². The fraction of sp³-hybridized carbons (Fsp3) is 0.333. The van der Waals surface area contributed by atoms with Crippen molar-refractivity contribution in [2.75, 3.05) is 16.8 Å². The number of anilines is 3. The average Bonchev–Trinajstić information content (AvgIpc) is 3.46. The van der Waals surface area contributed by atoms with E-state index in [2.05, 4.69) is 26.8 Å². The largest absolute Gasteiger partial charge is 0.320 e. The van der Waals surface area contributed by atoms with Crippen LogP contribution in [0.3, 0.4) is 0 Å². The quantitative estimate of drug-likeness (QED) is 0.868. The summed E-state index contributed by atoms with van der Waals surface area (Å²) >= 11 is 0. The first-order valence-electron chi connectivity index (χ1n) is 9.53. The van der Waals surface area contributed by atoms with Gasteiger partial charge in [0.25, 0.3) is 5.91 Å². The van der Waals surface area contributed by atoms with Gasteiger partial charge in [0.15, 0.2) is 5.82 Å². The van der Waals surface area contributed by atoms with Gasteiger partial charge in [-0.2, -0.15) is 0 Å². The molecule has 7 heteroatoms. The molecule has 1 N–H and O–H groups in total. The molecular weight excluding hydrogens is 354 g/mol. The van der Waals surface area contributed by atoms with Gasteiger partial charge in [0, 0.05) is 31.4 Å². The molecule has 144 valence electrons. The van der Waals surface area contributed by atoms with Crippen LogP contribution in [-0.2, 0) is 4.79 Å². The Morgan fingerprint density at radius 1 is 1.18 bits per heavy atom. The molecule has 2 fully saturated rings. The Morgan fingerprint density at radius 2 is 1.96 bits per heavy atom. The number of pyridine rings is 2. The summed E-state index contributed by atoms with van der Waals surface area (Å²) in [6.45, 7) is 6.34. The zero-order valence-electron chi connectivity index (χ0n) is 15.9. The molecule has 0 unspecified atom stereocenters. The van der Waals surface area contributed by atoms with Crippen LogP contribution < -0.4 is 10.2 Å². The smallest absolute Gasteiger partial charge is 0.259 e. The SMILES string of the molecule is C=CN1CCCC1=O.Cc1ccnc2c1NC(=O)c1cccnc1N2C1CC1. The van der Waals surface area contributed by atoms with Crippen LogP contribution in [0, 0.1) is 6.92 Å². The fourth-order valence-electron chi connectivity index (χ4n) is 3.47. The molecule has 0 aromatic carbocycles. The van der Waals surface area contributed by atoms with Crippen LogP contribution in [0.1, 0.15) is 41.6 Å². The molecule has 2 aromatic rings. The predicted molar refractivity (Wildman–Crippen MR) is 107 cm³/mol. The van der Waals surface area contributed by atoms with E-state index in [1.165, 1.54) is 0 Å². The molecule has 5 rings (SSSR count). The van der Waals surface area contributed by atoms with Crippen molar-refractivity contribution < 1.29 is 9.59 Å². The summed E-state index contributed by atoms with van der Waals surface area (Å²) in [7, 11) is 0. The molecule has 0 bridgehead atoms. The Kier molecular flexibility index (Phi) is 4.81. The number of carbonyl (C=O) groups excluding carboxylic acids is 2. The van der Waals surface area contributed by atoms with Gasteiger partial charge >= 0.3 is 0 Å². The van der Waals surface area contributed by atoms with Gasteiger partial charge < -0.3 is 15.1 Å². The molecule has 0 atom stereocenters. The Balaban J connectivity index is 0.000000203. The lowest BCUT2D eigenvalue weighted by Gasteiger charge is -2.23. The van der Waals surface area contributed by atoms with E-state index in [1.54, 1.807) is 29.6 Å². The van der Waals surface area contributed by atoms with Crippen molar-refractivity contribution in [1.82, 2.24) is 14.9 Å². The summed E-state index contributed by atoms with van der Waals surface area (Å²) in [6, 6.07) is 5.91. The molecule has 4 heterocycles. The van der Waals surface area contributed by atoms with E-state index in [4.69, 9.17) is 0 Å². The number of hydrogen-bond donors (Lipinski definition) is 1. The first-order valence-corrected chi connectivity index (χ1v) is 9.53. The number of aryl methyl sites for hydroxylation is 1. The van der Waals surface area contributed by atoms with Gasteiger partial charge in [-0.3, -0.25) is 9.59 Å². The summed E-state index contributed by atoms with van der Waals surface area (Å²) in [5, 5.41) is 2.98. The van der Waals surface area contributed by atoms with Gasteiger partial charge in [0.2, 0.25) is 5.91 Å². The predicted octanol–water partition coefficient (Wildman–Crippen LogP) is 3.40. The first kappa shape index (κ1) is 18.2. The highest BCUT2D eigenvalue weighted by Crippen LogP contribution is 2.43. The summed E-state index contributed by atoms with van der Waals surface area (Å²) in [5.41, 5.74) is 2.42. The summed E-state index contributed by atoms with van der Waals surface area (Å²) in [4.78, 5) is 35.7. The van der Waals surface area contributed by atoms with Crippen LogP contribution in [0.25, 0.3) is 0 Å². The van der Waals surface area contributed by atoms with E-state index in [0.29, 0.717) is 23.8 Å². The van der Waals surface area contributed by atoms with Crippen molar-refractivity contribution in [1.29, 1.82) is 0 Å². The lowest BCUT2D eigenvalue weighted by atomic mass is 10.2. The van der Waals surface area contributed by atoms with Crippen molar-refractivity contribution in [2.24, 2.45) is 0 Å². The normalized spacial score (nSPS) is 17.8. The van der Waals surface area contributed by atoms with Crippen LogP contribution in [0.2, 0.25) is 0 Å². The number of amides is 2. The monoisotopic (exact) mass is 377 g/mol. The molecule has 3 aliphatic rings. The molecule has 28 heavy (non-hydrogen) atoms. The number of hydrogen-bond acceptors (Lipinski definition) is 5. The van der Waals surface area contributed by atoms with E-state index in [-0.39, 0.29) is 11.8 Å². The zero-order chi connectivity index (χ0) is 19.7. The van der Waals surface area contributed by atoms with Crippen molar-refractivity contribution in [3.63, 3.8) is 0 Å². The van der Waals surface area contributed by atoms with Crippen molar-refractivity contribution in [2.45, 2.75) is 38.6 Å². The summed E-state index contributed by atoms with van der Waals surface area (Å²) < 4.78 is 0. The highest BCUT2D eigenvalue weighted by Gasteiger charge is 2.37. The molecule has 2 aliphatic heterocycles. The Bertz CT molecular complexity index is 938. The maximum absolute atomic E-state index is 12.4. The molecule has 2 amide bonds. The maximum atomic E-state index is 12.4. The van der Waals surface area contributed by atoms with Gasteiger partial charge in [-0.1, -0.05) is 6.58 Å². The van der Waals surface area contributed by atoms with Crippen LogP contribution in [-0.4, -0.2) is 39.3 Å². The van der Waals surface area contributed by atoms with Gasteiger partial charge in [0.05, 0.1) is 11.3 Å². The maximum Gasteiger partial charge on any atom is 0.259 e. The number of fused-ring (bicyclic) bond motifs is 2. The zero-order valence-corrected chi connectivity index (χ0v) is 15.9. The summed E-state index contributed by atoms with van der Waals surface area (Å²) in [6.07, 6.45) is 9.01. The third kappa shape index (κ3) is 3.35. The topological polar surface area (TPSA) is 78.4 Å². The van der Waals surface area contributed by atoms with E-state index in [1.807, 2.05) is 19.1 Å². The number of nitrogens with one attached hydrogen (secondary N) is 1. The lowest BCUT2D eigenvalue weighted by Crippen LogP contribution is -2.22. The molecule has 1 saturated heterocycles. The standard InChI is InChI=1S/C15H14N4O.C6H9NO/c1-9-6-8-17-14-12(9)18-15(20)11-3-2-7-16-13(11)19(14)10-4-5-10;1-2-7-5-3-4-6(7)8/h2-3,6-8,10H,4-5H2,1H3,(H,18,20);2H,1,3-5H2. The van der Waals surface area contributed by atoms with Crippen molar-refractivity contribution in [3.8, 4) is 0 Å². The van der Waals surface area contributed by atoms with Gasteiger partial charge in [-0.25, -0.2) is 9.97 Å². The van der Waals surface area contributed by atoms with E-state index < -0.39 is 0 Å². The molecular formula is C21H23N5O2. The number of aromatic nitrogens is 2. The molecule has 1 aliphatic carbocycles. The third-order valence-corrected chi connectivity index (χ3v) is 5.11. The van der Waals surface area contributed by atoms with E-state index in [0.717, 1.165) is 42.9 Å². The number of rotatable bonds is 2. The molecule has 0 radical (unpaired) electrons. The average molecular weight is 377 g/mol. The third-order valence-electron chi connectivity index (χ3n) is 5.11. The highest BCUT2D eigenvalue weighted by molar-refractivity contribution is 6.11. The molecule has 1 saturated carbocycles. The highest BCUT2D eigenvalue weighted by atomic mass is 16.2. The molecule has 2 aromatic heterocycles. The fourth-order valence-corrected chi connectivity index (χ4v) is 3.47. The minimum atomic E-state index is -0.117. The second-order valence-corrected chi connectivity index (χ2v) is 7.13. The molecule has 0 spiro atoms. The minimum absolute atomic E-state index is 0.117. The number of carbonyl (C=O) groups is 2. The second-order valence-electron chi connectivity index (χ2n) is 7.13. The van der Waals surface area contributed by atoms with Crippen molar-refractivity contribution >= 4 is 29.1 Å². The van der Waals surface area contributed by atoms with Crippen LogP contribution in [0.15, 0.2) is 43.4 Å². The van der Waals surface area contributed by atoms with Crippen LogP contribution in [0.4, 0.5) is 17.3 Å². The molecule has 7 nitrogen and oxygen atoms in total. The Morgan fingerprint density at radius 3 is 2.61 bits per heavy atom. The van der Waals surface area contributed by atoms with E-state index >= 15 is 0 Å². The minimum Gasteiger partial charge on any atom is -0.320 e. The second kappa shape index (κ2) is 7.42. The van der Waals surface area contributed by atoms with Crippen LogP contribution in [0.5, 0.6) is 0 Å². The summed E-state index contributed by atoms with van der Waals surface area (Å²) in [5.74, 6) is 1.61. The van der Waals surface area contributed by atoms with Crippen LogP contribution >= 0.6 is 0 Å². The number of likely N-dealkylation sites (tertiary alicyclic amines) is 1. The van der Waals surface area contributed by atoms with Gasteiger partial charge in [0.1, 0.15) is 5.82 Å². The first-order chi connectivity index (χ1) is 13.6. The van der Waals surface area contributed by atoms with Gasteiger partial charge in [-0.05, 0) is 56.1 Å². The lowest BCUT2D eigenvalue weighted by molar-refractivity contribution is -0.125. The van der Waals surface area contributed by atoms with Crippen molar-refractivity contribution in [3.05, 3.63) is 54.5 Å². The van der Waals surface area contributed by atoms with Gasteiger partial charge in [-0.15, -0.1) is 0 Å². The Hall–Kier alpha value is -3.22. The number of nitrogens with zero attached hydrogens (tertiary/aromatic N) is 4. The van der Waals surface area contributed by atoms with E-state index in [9.17, 15) is 9.59 Å².